The molecular weight excluding hydrogens is 272 g/mol. The standard InChI is InChI=1S/C15H24N2O2S/c1-15(7-4-10-20-15)11-16-9-6-13(18)17-8-3-2-5-12(17)14(16)19/h12H,2-11H2,1H3. The van der Waals surface area contributed by atoms with Crippen LogP contribution in [-0.2, 0) is 9.59 Å². The van der Waals surface area contributed by atoms with Gasteiger partial charge in [-0.1, -0.05) is 0 Å². The predicted octanol–water partition coefficient (Wildman–Crippen LogP) is 1.89. The van der Waals surface area contributed by atoms with Gasteiger partial charge in [-0.2, -0.15) is 11.8 Å². The smallest absolute Gasteiger partial charge is 0.245 e. The molecule has 5 heteroatoms. The number of carbonyl (C=O) groups excluding carboxylic acids is 2. The number of fused-ring (bicyclic) bond motifs is 1. The number of thioether (sulfide) groups is 1. The number of piperidine rings is 1. The molecule has 4 nitrogen and oxygen atoms in total. The third-order valence-corrected chi connectivity index (χ3v) is 6.36. The van der Waals surface area contributed by atoms with Gasteiger partial charge in [0.2, 0.25) is 11.8 Å². The zero-order chi connectivity index (χ0) is 14.2. The fourth-order valence-electron chi connectivity index (χ4n) is 3.70. The van der Waals surface area contributed by atoms with Crippen molar-refractivity contribution < 1.29 is 9.59 Å². The molecule has 0 saturated carbocycles. The van der Waals surface area contributed by atoms with Gasteiger partial charge in [0, 0.05) is 30.8 Å². The lowest BCUT2D eigenvalue weighted by Gasteiger charge is -2.36. The molecule has 2 atom stereocenters. The Labute approximate surface area is 125 Å². The van der Waals surface area contributed by atoms with Crippen LogP contribution in [0, 0.1) is 0 Å². The van der Waals surface area contributed by atoms with E-state index in [2.05, 4.69) is 6.92 Å². The zero-order valence-corrected chi connectivity index (χ0v) is 13.1. The normalized spacial score (nSPS) is 35.1. The fraction of sp³-hybridized carbons (Fsp3) is 0.867. The molecule has 3 heterocycles. The maximum atomic E-state index is 12.8. The van der Waals surface area contributed by atoms with Gasteiger partial charge in [-0.25, -0.2) is 0 Å². The lowest BCUT2D eigenvalue weighted by Crippen LogP contribution is -2.51. The van der Waals surface area contributed by atoms with Crippen LogP contribution in [0.3, 0.4) is 0 Å². The molecule has 0 aromatic carbocycles. The van der Waals surface area contributed by atoms with Gasteiger partial charge in [0.15, 0.2) is 0 Å². The first-order valence-electron chi connectivity index (χ1n) is 7.81. The summed E-state index contributed by atoms with van der Waals surface area (Å²) in [7, 11) is 0. The minimum absolute atomic E-state index is 0.172. The van der Waals surface area contributed by atoms with Crippen LogP contribution in [0.4, 0.5) is 0 Å². The highest BCUT2D eigenvalue weighted by Gasteiger charge is 2.40. The average molecular weight is 296 g/mol. The number of hydrogen-bond donors (Lipinski definition) is 0. The topological polar surface area (TPSA) is 40.6 Å². The van der Waals surface area contributed by atoms with Gasteiger partial charge in [0.05, 0.1) is 0 Å². The lowest BCUT2D eigenvalue weighted by atomic mass is 10.0. The molecule has 0 spiro atoms. The number of amides is 2. The number of carbonyl (C=O) groups is 2. The van der Waals surface area contributed by atoms with E-state index in [-0.39, 0.29) is 22.6 Å². The van der Waals surface area contributed by atoms with Gasteiger partial charge in [-0.3, -0.25) is 9.59 Å². The summed E-state index contributed by atoms with van der Waals surface area (Å²) in [6.45, 7) is 4.47. The SMILES string of the molecule is CC1(CN2CCC(=O)N3CCCCC3C2=O)CCCS1. The molecule has 0 aliphatic carbocycles. The predicted molar refractivity (Wildman–Crippen MR) is 80.6 cm³/mol. The Balaban J connectivity index is 1.75. The van der Waals surface area contributed by atoms with Crippen LogP contribution < -0.4 is 0 Å². The molecular formula is C15H24N2O2S. The van der Waals surface area contributed by atoms with E-state index in [9.17, 15) is 9.59 Å². The molecule has 3 aliphatic heterocycles. The highest BCUT2D eigenvalue weighted by Crippen LogP contribution is 2.39. The Morgan fingerprint density at radius 1 is 1.25 bits per heavy atom. The Kier molecular flexibility index (Phi) is 3.98. The number of nitrogens with zero attached hydrogens (tertiary/aromatic N) is 2. The quantitative estimate of drug-likeness (QED) is 0.781. The first-order valence-corrected chi connectivity index (χ1v) is 8.80. The Bertz CT molecular complexity index is 407. The minimum atomic E-state index is -0.172. The van der Waals surface area contributed by atoms with Crippen molar-refractivity contribution in [3.05, 3.63) is 0 Å². The lowest BCUT2D eigenvalue weighted by molar-refractivity contribution is -0.143. The van der Waals surface area contributed by atoms with E-state index in [4.69, 9.17) is 0 Å². The summed E-state index contributed by atoms with van der Waals surface area (Å²) in [5.74, 6) is 1.58. The summed E-state index contributed by atoms with van der Waals surface area (Å²) in [6, 6.07) is -0.172. The molecule has 2 amide bonds. The van der Waals surface area contributed by atoms with Gasteiger partial charge < -0.3 is 9.80 Å². The number of rotatable bonds is 2. The van der Waals surface area contributed by atoms with Crippen LogP contribution in [0.2, 0.25) is 0 Å². The summed E-state index contributed by atoms with van der Waals surface area (Å²) >= 11 is 1.98. The molecule has 0 aromatic heterocycles. The maximum absolute atomic E-state index is 12.8. The van der Waals surface area contributed by atoms with Crippen molar-refractivity contribution in [3.8, 4) is 0 Å². The minimum Gasteiger partial charge on any atom is -0.339 e. The summed E-state index contributed by atoms with van der Waals surface area (Å²) in [5.41, 5.74) is 0. The Morgan fingerprint density at radius 3 is 2.85 bits per heavy atom. The fourth-order valence-corrected chi connectivity index (χ4v) is 5.02. The first kappa shape index (κ1) is 14.2. The van der Waals surface area contributed by atoms with Gasteiger partial charge in [0.25, 0.3) is 0 Å². The second-order valence-electron chi connectivity index (χ2n) is 6.51. The van der Waals surface area contributed by atoms with Crippen LogP contribution in [0.25, 0.3) is 0 Å². The molecule has 3 aliphatic rings. The first-order chi connectivity index (χ1) is 9.59. The molecule has 2 unspecified atom stereocenters. The van der Waals surface area contributed by atoms with Gasteiger partial charge in [-0.05, 0) is 44.8 Å². The summed E-state index contributed by atoms with van der Waals surface area (Å²) < 4.78 is 0.197. The second-order valence-corrected chi connectivity index (χ2v) is 8.19. The molecule has 3 saturated heterocycles. The van der Waals surface area contributed by atoms with E-state index in [1.54, 1.807) is 0 Å². The van der Waals surface area contributed by atoms with Crippen LogP contribution in [-0.4, -0.2) is 57.8 Å². The van der Waals surface area contributed by atoms with Crippen LogP contribution in [0.1, 0.15) is 45.4 Å². The van der Waals surface area contributed by atoms with E-state index in [1.165, 1.54) is 18.6 Å². The molecule has 0 bridgehead atoms. The van der Waals surface area contributed by atoms with Crippen molar-refractivity contribution in [2.75, 3.05) is 25.4 Å². The van der Waals surface area contributed by atoms with E-state index in [0.717, 1.165) is 32.4 Å². The van der Waals surface area contributed by atoms with Crippen molar-refractivity contribution in [1.82, 2.24) is 9.80 Å². The van der Waals surface area contributed by atoms with Crippen molar-refractivity contribution in [3.63, 3.8) is 0 Å². The van der Waals surface area contributed by atoms with E-state index in [0.29, 0.717) is 13.0 Å². The van der Waals surface area contributed by atoms with Crippen LogP contribution in [0.15, 0.2) is 0 Å². The molecule has 0 N–H and O–H groups in total. The van der Waals surface area contributed by atoms with Crippen LogP contribution in [0.5, 0.6) is 0 Å². The average Bonchev–Trinajstić information content (AvgIpc) is 2.84. The summed E-state index contributed by atoms with van der Waals surface area (Å²) in [6.07, 6.45) is 5.90. The highest BCUT2D eigenvalue weighted by molar-refractivity contribution is 8.00. The molecule has 0 radical (unpaired) electrons. The molecule has 0 aromatic rings. The Morgan fingerprint density at radius 2 is 2.10 bits per heavy atom. The van der Waals surface area contributed by atoms with Crippen molar-refractivity contribution in [2.45, 2.75) is 56.2 Å². The van der Waals surface area contributed by atoms with Crippen molar-refractivity contribution in [2.24, 2.45) is 0 Å². The largest absolute Gasteiger partial charge is 0.339 e. The second kappa shape index (κ2) is 5.58. The van der Waals surface area contributed by atoms with Gasteiger partial charge >= 0.3 is 0 Å². The summed E-state index contributed by atoms with van der Waals surface area (Å²) in [5, 5.41) is 0. The van der Waals surface area contributed by atoms with E-state index in [1.807, 2.05) is 21.6 Å². The maximum Gasteiger partial charge on any atom is 0.245 e. The molecule has 20 heavy (non-hydrogen) atoms. The third kappa shape index (κ3) is 2.69. The van der Waals surface area contributed by atoms with Gasteiger partial charge in [-0.15, -0.1) is 0 Å². The van der Waals surface area contributed by atoms with E-state index >= 15 is 0 Å². The van der Waals surface area contributed by atoms with Crippen molar-refractivity contribution in [1.29, 1.82) is 0 Å². The molecule has 112 valence electrons. The van der Waals surface area contributed by atoms with Crippen molar-refractivity contribution >= 4 is 23.6 Å². The monoisotopic (exact) mass is 296 g/mol. The summed E-state index contributed by atoms with van der Waals surface area (Å²) in [4.78, 5) is 28.8. The van der Waals surface area contributed by atoms with Crippen LogP contribution >= 0.6 is 11.8 Å². The third-order valence-electron chi connectivity index (χ3n) is 4.84. The van der Waals surface area contributed by atoms with E-state index < -0.39 is 0 Å². The van der Waals surface area contributed by atoms with Gasteiger partial charge in [0.1, 0.15) is 6.04 Å². The zero-order valence-electron chi connectivity index (χ0n) is 12.3. The number of hydrogen-bond acceptors (Lipinski definition) is 3. The molecule has 3 rings (SSSR count). The Hall–Kier alpha value is -0.710. The molecule has 3 fully saturated rings. The highest BCUT2D eigenvalue weighted by atomic mass is 32.2.